The molecule has 2 aromatic heterocycles. The predicted molar refractivity (Wildman–Crippen MR) is 119 cm³/mol. The third kappa shape index (κ3) is 3.20. The van der Waals surface area contributed by atoms with Gasteiger partial charge in [-0.15, -0.1) is 0 Å². The van der Waals surface area contributed by atoms with Crippen LogP contribution in [0.15, 0.2) is 33.9 Å². The van der Waals surface area contributed by atoms with Crippen molar-refractivity contribution >= 4 is 28.5 Å². The summed E-state index contributed by atoms with van der Waals surface area (Å²) in [5.41, 5.74) is 7.24. The maximum atomic E-state index is 13.2. The number of halogens is 1. The van der Waals surface area contributed by atoms with E-state index in [1.165, 1.54) is 11.6 Å². The number of benzene rings is 1. The molecular formula is C21H26ClN5O3. The van der Waals surface area contributed by atoms with Crippen molar-refractivity contribution in [1.82, 2.24) is 13.7 Å². The number of nitrogens with two attached hydrogens (primary N) is 1. The molecule has 9 heteroatoms. The molecule has 0 radical (unpaired) electrons. The highest BCUT2D eigenvalue weighted by Crippen LogP contribution is 2.39. The van der Waals surface area contributed by atoms with Crippen LogP contribution in [0.4, 0.5) is 5.82 Å². The molecule has 8 nitrogen and oxygen atoms in total. The van der Waals surface area contributed by atoms with Crippen LogP contribution in [0.25, 0.3) is 11.0 Å². The number of hydrogen-bond donors (Lipinski definition) is 1. The number of fused-ring (bicyclic) bond motifs is 1. The number of hydrogen-bond acceptors (Lipinski definition) is 5. The lowest BCUT2D eigenvalue weighted by molar-refractivity contribution is 0.411. The van der Waals surface area contributed by atoms with Gasteiger partial charge in [-0.05, 0) is 24.5 Å². The molecule has 1 fully saturated rings. The molecule has 1 atom stereocenters. The molecular weight excluding hydrogens is 406 g/mol. The summed E-state index contributed by atoms with van der Waals surface area (Å²) in [5, 5.41) is 0.612. The molecule has 3 heterocycles. The van der Waals surface area contributed by atoms with E-state index >= 15 is 0 Å². The Morgan fingerprint density at radius 1 is 1.17 bits per heavy atom. The molecule has 1 aliphatic rings. The van der Waals surface area contributed by atoms with Crippen LogP contribution in [0.5, 0.6) is 5.75 Å². The van der Waals surface area contributed by atoms with Gasteiger partial charge in [0.1, 0.15) is 11.0 Å². The van der Waals surface area contributed by atoms with Crippen LogP contribution in [0.3, 0.4) is 0 Å². The van der Waals surface area contributed by atoms with Crippen LogP contribution >= 0.6 is 11.6 Å². The molecule has 0 spiro atoms. The first kappa shape index (κ1) is 20.6. The number of anilines is 1. The summed E-state index contributed by atoms with van der Waals surface area (Å²) in [5.74, 6) is 1.25. The van der Waals surface area contributed by atoms with E-state index < -0.39 is 5.69 Å². The lowest BCUT2D eigenvalue weighted by Gasteiger charge is -2.33. The fourth-order valence-electron chi connectivity index (χ4n) is 4.32. The normalized spacial score (nSPS) is 17.0. The van der Waals surface area contributed by atoms with Gasteiger partial charge >= 0.3 is 5.69 Å². The first-order valence-electron chi connectivity index (χ1n) is 9.95. The number of aromatic nitrogens is 3. The highest BCUT2D eigenvalue weighted by Gasteiger charge is 2.30. The quantitative estimate of drug-likeness (QED) is 0.679. The summed E-state index contributed by atoms with van der Waals surface area (Å²) in [6, 6.07) is 7.56. The smallest absolute Gasteiger partial charge is 0.331 e. The fourth-order valence-corrected chi connectivity index (χ4v) is 4.52. The Labute approximate surface area is 179 Å². The number of ether oxygens (including phenoxy) is 1. The van der Waals surface area contributed by atoms with Crippen LogP contribution in [0, 0.1) is 0 Å². The molecule has 0 unspecified atom stereocenters. The Hall–Kier alpha value is -2.71. The summed E-state index contributed by atoms with van der Waals surface area (Å²) in [4.78, 5) is 28.0. The zero-order chi connectivity index (χ0) is 21.6. The molecule has 160 valence electrons. The molecule has 2 N–H and O–H groups in total. The van der Waals surface area contributed by atoms with E-state index in [4.69, 9.17) is 22.1 Å². The van der Waals surface area contributed by atoms with E-state index in [1.54, 1.807) is 14.2 Å². The standard InChI is InChI=1S/C21H26ClN5O3/c1-24-16-17(20(28)25(2)21(24)29)27(11-13-7-4-5-9-15(13)22)19(18(16)30-3)26-10-6-8-14(23)12-26/h4-5,7,9,14H,6,8,10-12,23H2,1-3H3/t14-/m1/s1. The van der Waals surface area contributed by atoms with Gasteiger partial charge in [0.05, 0.1) is 13.7 Å². The van der Waals surface area contributed by atoms with E-state index in [-0.39, 0.29) is 11.6 Å². The van der Waals surface area contributed by atoms with Crippen LogP contribution in [0.1, 0.15) is 18.4 Å². The Bertz CT molecular complexity index is 1230. The van der Waals surface area contributed by atoms with E-state index in [2.05, 4.69) is 4.90 Å². The van der Waals surface area contributed by atoms with E-state index in [0.717, 1.165) is 35.3 Å². The summed E-state index contributed by atoms with van der Waals surface area (Å²) in [7, 11) is 4.70. The average molecular weight is 432 g/mol. The van der Waals surface area contributed by atoms with Gasteiger partial charge in [-0.1, -0.05) is 29.8 Å². The number of piperidine rings is 1. The molecule has 1 aromatic carbocycles. The van der Waals surface area contributed by atoms with Crippen molar-refractivity contribution in [3.63, 3.8) is 0 Å². The van der Waals surface area contributed by atoms with Gasteiger partial charge in [0.25, 0.3) is 5.56 Å². The maximum Gasteiger partial charge on any atom is 0.331 e. The van der Waals surface area contributed by atoms with E-state index in [1.807, 2.05) is 28.8 Å². The number of rotatable bonds is 4. The van der Waals surface area contributed by atoms with Gasteiger partial charge in [-0.25, -0.2) is 4.79 Å². The van der Waals surface area contributed by atoms with E-state index in [9.17, 15) is 9.59 Å². The van der Waals surface area contributed by atoms with Crippen molar-refractivity contribution in [3.8, 4) is 5.75 Å². The van der Waals surface area contributed by atoms with Crippen molar-refractivity contribution in [2.45, 2.75) is 25.4 Å². The summed E-state index contributed by atoms with van der Waals surface area (Å²) >= 11 is 6.44. The minimum absolute atomic E-state index is 0.0295. The molecule has 1 aliphatic heterocycles. The summed E-state index contributed by atoms with van der Waals surface area (Å²) in [6.45, 7) is 1.80. The Kier molecular flexibility index (Phi) is 5.38. The molecule has 1 saturated heterocycles. The number of methoxy groups -OCH3 is 1. The Morgan fingerprint density at radius 3 is 2.57 bits per heavy atom. The SMILES string of the molecule is COc1c(N2CCC[C@@H](N)C2)n(Cc2ccccc2Cl)c2c(=O)n(C)c(=O)n(C)c12. The first-order chi connectivity index (χ1) is 14.3. The van der Waals surface area contributed by atoms with Crippen LogP contribution < -0.4 is 26.6 Å². The molecule has 0 bridgehead atoms. The minimum atomic E-state index is -0.400. The van der Waals surface area contributed by atoms with Crippen LogP contribution in [0.2, 0.25) is 5.02 Å². The first-order valence-corrected chi connectivity index (χ1v) is 10.3. The zero-order valence-electron chi connectivity index (χ0n) is 17.4. The largest absolute Gasteiger partial charge is 0.491 e. The molecule has 30 heavy (non-hydrogen) atoms. The molecule has 3 aromatic rings. The predicted octanol–water partition coefficient (Wildman–Crippen LogP) is 1.68. The number of nitrogens with zero attached hydrogens (tertiary/aromatic N) is 4. The molecule has 0 saturated carbocycles. The molecule has 0 amide bonds. The van der Waals surface area contributed by atoms with Gasteiger partial charge in [-0.2, -0.15) is 0 Å². The van der Waals surface area contributed by atoms with Crippen molar-refractivity contribution in [1.29, 1.82) is 0 Å². The number of aryl methyl sites for hydroxylation is 1. The minimum Gasteiger partial charge on any atom is -0.491 e. The third-order valence-electron chi connectivity index (χ3n) is 5.83. The average Bonchev–Trinajstić information content (AvgIpc) is 3.06. The van der Waals surface area contributed by atoms with Crippen LogP contribution in [-0.4, -0.2) is 39.9 Å². The monoisotopic (exact) mass is 431 g/mol. The topological polar surface area (TPSA) is 87.4 Å². The van der Waals surface area contributed by atoms with Gasteiger partial charge in [0, 0.05) is 38.2 Å². The lowest BCUT2D eigenvalue weighted by Crippen LogP contribution is -2.43. The summed E-state index contributed by atoms with van der Waals surface area (Å²) in [6.07, 6.45) is 1.89. The Balaban J connectivity index is 2.08. The van der Waals surface area contributed by atoms with Gasteiger partial charge in [0.2, 0.25) is 0 Å². The Morgan fingerprint density at radius 2 is 1.90 bits per heavy atom. The lowest BCUT2D eigenvalue weighted by atomic mass is 10.1. The second-order valence-electron chi connectivity index (χ2n) is 7.79. The fraction of sp³-hybridized carbons (Fsp3) is 0.429. The zero-order valence-corrected chi connectivity index (χ0v) is 18.1. The van der Waals surface area contributed by atoms with Crippen LogP contribution in [-0.2, 0) is 20.6 Å². The second kappa shape index (κ2) is 7.85. The second-order valence-corrected chi connectivity index (χ2v) is 8.19. The van der Waals surface area contributed by atoms with E-state index in [0.29, 0.717) is 34.9 Å². The van der Waals surface area contributed by atoms with Crippen molar-refractivity contribution in [3.05, 3.63) is 55.7 Å². The van der Waals surface area contributed by atoms with Gasteiger partial charge < -0.3 is 19.9 Å². The highest BCUT2D eigenvalue weighted by molar-refractivity contribution is 6.31. The highest BCUT2D eigenvalue weighted by atomic mass is 35.5. The maximum absolute atomic E-state index is 13.2. The third-order valence-corrected chi connectivity index (χ3v) is 6.20. The van der Waals surface area contributed by atoms with Crippen molar-refractivity contribution in [2.75, 3.05) is 25.1 Å². The van der Waals surface area contributed by atoms with Gasteiger partial charge in [-0.3, -0.25) is 13.9 Å². The van der Waals surface area contributed by atoms with Crippen molar-refractivity contribution in [2.24, 2.45) is 19.8 Å². The van der Waals surface area contributed by atoms with Crippen molar-refractivity contribution < 1.29 is 4.74 Å². The molecule has 0 aliphatic carbocycles. The van der Waals surface area contributed by atoms with Gasteiger partial charge in [0.15, 0.2) is 11.6 Å². The molecule has 4 rings (SSSR count). The summed E-state index contributed by atoms with van der Waals surface area (Å²) < 4.78 is 10.3.